The van der Waals surface area contributed by atoms with Gasteiger partial charge in [0.1, 0.15) is 0 Å². The van der Waals surface area contributed by atoms with Gasteiger partial charge in [-0.25, -0.2) is 8.42 Å². The van der Waals surface area contributed by atoms with Gasteiger partial charge in [0.2, 0.25) is 10.0 Å². The van der Waals surface area contributed by atoms with Crippen molar-refractivity contribution in [3.05, 3.63) is 64.8 Å². The van der Waals surface area contributed by atoms with Gasteiger partial charge >= 0.3 is 0 Å². The van der Waals surface area contributed by atoms with E-state index in [0.717, 1.165) is 18.4 Å². The van der Waals surface area contributed by atoms with E-state index in [1.54, 1.807) is 28.6 Å². The summed E-state index contributed by atoms with van der Waals surface area (Å²) in [5, 5.41) is 1.79. The summed E-state index contributed by atoms with van der Waals surface area (Å²) < 4.78 is 27.3. The van der Waals surface area contributed by atoms with Crippen molar-refractivity contribution in [2.24, 2.45) is 0 Å². The first kappa shape index (κ1) is 17.6. The van der Waals surface area contributed by atoms with Crippen molar-refractivity contribution in [3.8, 4) is 0 Å². The number of halogens is 1. The summed E-state index contributed by atoms with van der Waals surface area (Å²) in [7, 11) is -3.46. The van der Waals surface area contributed by atoms with Gasteiger partial charge < -0.3 is 4.98 Å². The molecule has 4 nitrogen and oxygen atoms in total. The second-order valence-electron chi connectivity index (χ2n) is 6.84. The van der Waals surface area contributed by atoms with Crippen molar-refractivity contribution in [2.75, 3.05) is 13.1 Å². The van der Waals surface area contributed by atoms with E-state index in [1.165, 1.54) is 16.6 Å². The number of piperidine rings is 1. The lowest BCUT2D eigenvalue weighted by molar-refractivity contribution is 0.320. The summed E-state index contributed by atoms with van der Waals surface area (Å²) in [6.07, 6.45) is 1.66. The summed E-state index contributed by atoms with van der Waals surface area (Å²) in [4.78, 5) is 3.76. The Bertz CT molecular complexity index is 1030. The van der Waals surface area contributed by atoms with Gasteiger partial charge in [-0.15, -0.1) is 0 Å². The van der Waals surface area contributed by atoms with Gasteiger partial charge in [-0.3, -0.25) is 0 Å². The van der Waals surface area contributed by atoms with Gasteiger partial charge in [0.05, 0.1) is 4.90 Å². The minimum Gasteiger partial charge on any atom is -0.358 e. The molecule has 2 heterocycles. The zero-order valence-electron chi connectivity index (χ0n) is 14.6. The van der Waals surface area contributed by atoms with E-state index in [2.05, 4.69) is 30.1 Å². The highest BCUT2D eigenvalue weighted by molar-refractivity contribution is 7.89. The van der Waals surface area contributed by atoms with Crippen molar-refractivity contribution >= 4 is 32.5 Å². The molecule has 0 atom stereocenters. The highest BCUT2D eigenvalue weighted by Gasteiger charge is 2.31. The van der Waals surface area contributed by atoms with Crippen LogP contribution < -0.4 is 0 Å². The quantitative estimate of drug-likeness (QED) is 0.707. The highest BCUT2D eigenvalue weighted by Crippen LogP contribution is 2.36. The Morgan fingerprint density at radius 2 is 1.69 bits per heavy atom. The molecular formula is C20H21ClN2O2S. The molecule has 0 aliphatic carbocycles. The lowest BCUT2D eigenvalue weighted by Crippen LogP contribution is -2.37. The van der Waals surface area contributed by atoms with E-state index in [-0.39, 0.29) is 0 Å². The van der Waals surface area contributed by atoms with E-state index in [1.807, 2.05) is 6.07 Å². The number of aryl methyl sites for hydroxylation is 1. The Balaban J connectivity index is 1.55. The Morgan fingerprint density at radius 3 is 2.38 bits per heavy atom. The number of nitrogens with zero attached hydrogens (tertiary/aromatic N) is 1. The van der Waals surface area contributed by atoms with Crippen molar-refractivity contribution in [1.82, 2.24) is 9.29 Å². The van der Waals surface area contributed by atoms with E-state index in [0.29, 0.717) is 28.9 Å². The van der Waals surface area contributed by atoms with Gasteiger partial charge in [-0.2, -0.15) is 4.31 Å². The van der Waals surface area contributed by atoms with Crippen LogP contribution in [0.3, 0.4) is 0 Å². The van der Waals surface area contributed by atoms with Crippen LogP contribution in [0.4, 0.5) is 0 Å². The molecule has 0 bridgehead atoms. The number of aromatic amines is 1. The Kier molecular flexibility index (Phi) is 4.55. The lowest BCUT2D eigenvalue weighted by atomic mass is 9.88. The minimum absolute atomic E-state index is 0.309. The van der Waals surface area contributed by atoms with Gasteiger partial charge in [-0.05, 0) is 61.6 Å². The number of sulfonamides is 1. The van der Waals surface area contributed by atoms with Crippen LogP contribution in [-0.2, 0) is 10.0 Å². The maximum absolute atomic E-state index is 12.8. The number of para-hydroxylation sites is 1. The summed E-state index contributed by atoms with van der Waals surface area (Å²) >= 11 is 5.87. The average molecular weight is 389 g/mol. The molecule has 1 fully saturated rings. The molecule has 0 amide bonds. The number of hydrogen-bond acceptors (Lipinski definition) is 2. The fourth-order valence-electron chi connectivity index (χ4n) is 3.96. The molecular weight excluding hydrogens is 368 g/mol. The van der Waals surface area contributed by atoms with E-state index in [4.69, 9.17) is 11.6 Å². The van der Waals surface area contributed by atoms with Crippen LogP contribution in [-0.4, -0.2) is 30.8 Å². The number of aromatic nitrogens is 1. The molecule has 1 aromatic heterocycles. The first-order chi connectivity index (χ1) is 12.5. The van der Waals surface area contributed by atoms with Crippen LogP contribution in [0.15, 0.2) is 53.4 Å². The molecule has 4 rings (SSSR count). The van der Waals surface area contributed by atoms with Gasteiger partial charge in [0.15, 0.2) is 0 Å². The molecule has 0 radical (unpaired) electrons. The predicted octanol–water partition coefficient (Wildman–Crippen LogP) is 4.70. The average Bonchev–Trinajstić information content (AvgIpc) is 2.98. The van der Waals surface area contributed by atoms with Crippen molar-refractivity contribution in [3.63, 3.8) is 0 Å². The third-order valence-electron chi connectivity index (χ3n) is 5.26. The van der Waals surface area contributed by atoms with Gasteiger partial charge in [0.25, 0.3) is 0 Å². The molecule has 0 saturated carbocycles. The number of fused-ring (bicyclic) bond motifs is 1. The lowest BCUT2D eigenvalue weighted by Gasteiger charge is -2.31. The van der Waals surface area contributed by atoms with Crippen LogP contribution in [0, 0.1) is 6.92 Å². The minimum atomic E-state index is -3.46. The van der Waals surface area contributed by atoms with Crippen molar-refractivity contribution in [1.29, 1.82) is 0 Å². The first-order valence-electron chi connectivity index (χ1n) is 8.80. The first-order valence-corrected chi connectivity index (χ1v) is 10.6. The molecule has 1 aliphatic rings. The van der Waals surface area contributed by atoms with Crippen LogP contribution in [0.5, 0.6) is 0 Å². The van der Waals surface area contributed by atoms with Crippen LogP contribution in [0.1, 0.15) is 30.0 Å². The Labute approximate surface area is 158 Å². The summed E-state index contributed by atoms with van der Waals surface area (Å²) in [6.45, 7) is 3.18. The van der Waals surface area contributed by atoms with Crippen molar-refractivity contribution < 1.29 is 8.42 Å². The summed E-state index contributed by atoms with van der Waals surface area (Å²) in [5.41, 5.74) is 3.67. The third kappa shape index (κ3) is 3.04. The molecule has 0 unspecified atom stereocenters. The SMILES string of the molecule is Cc1[nH]c2ccccc2c1C1CCN(S(=O)(=O)c2ccc(Cl)cc2)CC1. The predicted molar refractivity (Wildman–Crippen MR) is 105 cm³/mol. The Morgan fingerprint density at radius 1 is 1.04 bits per heavy atom. The molecule has 2 aromatic carbocycles. The highest BCUT2D eigenvalue weighted by atomic mass is 35.5. The number of H-pyrrole nitrogens is 1. The van der Waals surface area contributed by atoms with E-state index in [9.17, 15) is 8.42 Å². The Hall–Kier alpha value is -1.82. The number of benzene rings is 2. The number of hydrogen-bond donors (Lipinski definition) is 1. The molecule has 3 aromatic rings. The largest absolute Gasteiger partial charge is 0.358 e. The fraction of sp³-hybridized carbons (Fsp3) is 0.300. The van der Waals surface area contributed by atoms with Crippen LogP contribution in [0.2, 0.25) is 5.02 Å². The fourth-order valence-corrected chi connectivity index (χ4v) is 5.56. The molecule has 26 heavy (non-hydrogen) atoms. The molecule has 1 saturated heterocycles. The standard InChI is InChI=1S/C20H21ClN2O2S/c1-14-20(18-4-2-3-5-19(18)22-14)15-10-12-23(13-11-15)26(24,25)17-8-6-16(21)7-9-17/h2-9,15,22H,10-13H2,1H3. The molecule has 0 spiro atoms. The van der Waals surface area contributed by atoms with E-state index >= 15 is 0 Å². The van der Waals surface area contributed by atoms with Crippen molar-refractivity contribution in [2.45, 2.75) is 30.6 Å². The zero-order valence-corrected chi connectivity index (χ0v) is 16.1. The summed E-state index contributed by atoms with van der Waals surface area (Å²) in [5.74, 6) is 0.378. The van der Waals surface area contributed by atoms with Gasteiger partial charge in [-0.1, -0.05) is 29.8 Å². The van der Waals surface area contributed by atoms with Crippen LogP contribution in [0.25, 0.3) is 10.9 Å². The normalized spacial score (nSPS) is 17.0. The third-order valence-corrected chi connectivity index (χ3v) is 7.42. The van der Waals surface area contributed by atoms with E-state index < -0.39 is 10.0 Å². The molecule has 1 aliphatic heterocycles. The maximum atomic E-state index is 12.8. The second kappa shape index (κ2) is 6.72. The second-order valence-corrected chi connectivity index (χ2v) is 9.22. The molecule has 6 heteroatoms. The number of nitrogens with one attached hydrogen (secondary N) is 1. The smallest absolute Gasteiger partial charge is 0.243 e. The maximum Gasteiger partial charge on any atom is 0.243 e. The molecule has 136 valence electrons. The monoisotopic (exact) mass is 388 g/mol. The van der Waals surface area contributed by atoms with Crippen LogP contribution >= 0.6 is 11.6 Å². The number of rotatable bonds is 3. The zero-order chi connectivity index (χ0) is 18.3. The molecule has 1 N–H and O–H groups in total. The summed E-state index contributed by atoms with van der Waals surface area (Å²) in [6, 6.07) is 14.7. The van der Waals surface area contributed by atoms with Gasteiger partial charge in [0, 0.05) is 34.7 Å². The topological polar surface area (TPSA) is 53.2 Å².